The number of nitrogens with zero attached hydrogens (tertiary/aromatic N) is 2. The van der Waals surface area contributed by atoms with Crippen LogP contribution in [0.5, 0.6) is 5.75 Å². The normalized spacial score (nSPS) is 14.9. The fraction of sp³-hybridized carbons (Fsp3) is 0.267. The predicted octanol–water partition coefficient (Wildman–Crippen LogP) is 6.48. The SMILES string of the molecule is Cc1cc2oc3c(c(=O)c2cc1Cl)C(c1cccc(OCc2ccc(Cl)cc2)c1)N(CCCN(C)C)C3=O. The van der Waals surface area contributed by atoms with E-state index in [1.54, 1.807) is 17.0 Å². The molecule has 0 aliphatic carbocycles. The van der Waals surface area contributed by atoms with Crippen molar-refractivity contribution in [2.75, 3.05) is 27.2 Å². The summed E-state index contributed by atoms with van der Waals surface area (Å²) in [6.45, 7) is 3.47. The Morgan fingerprint density at radius 3 is 2.53 bits per heavy atom. The Morgan fingerprint density at radius 1 is 1.03 bits per heavy atom. The average molecular weight is 551 g/mol. The maximum absolute atomic E-state index is 13.8. The summed E-state index contributed by atoms with van der Waals surface area (Å²) in [5.74, 6) is 0.435. The number of hydrogen-bond acceptors (Lipinski definition) is 5. The Labute approximate surface area is 231 Å². The van der Waals surface area contributed by atoms with E-state index in [2.05, 4.69) is 4.90 Å². The highest BCUT2D eigenvalue weighted by atomic mass is 35.5. The van der Waals surface area contributed by atoms with Gasteiger partial charge >= 0.3 is 0 Å². The molecule has 0 N–H and O–H groups in total. The van der Waals surface area contributed by atoms with Gasteiger partial charge in [-0.3, -0.25) is 9.59 Å². The van der Waals surface area contributed by atoms with Crippen LogP contribution in [0.2, 0.25) is 10.0 Å². The van der Waals surface area contributed by atoms with Gasteiger partial charge in [0.2, 0.25) is 5.76 Å². The van der Waals surface area contributed by atoms with Crippen LogP contribution in [0, 0.1) is 6.92 Å². The molecule has 1 atom stereocenters. The number of rotatable bonds is 8. The molecule has 6 nitrogen and oxygen atoms in total. The molecule has 1 aliphatic rings. The first-order chi connectivity index (χ1) is 18.2. The second-order valence-electron chi connectivity index (χ2n) is 9.82. The molecule has 38 heavy (non-hydrogen) atoms. The Hall–Kier alpha value is -3.32. The Morgan fingerprint density at radius 2 is 1.79 bits per heavy atom. The van der Waals surface area contributed by atoms with Crippen molar-refractivity contribution in [1.82, 2.24) is 9.80 Å². The molecular weight excluding hydrogens is 523 g/mol. The number of fused-ring (bicyclic) bond motifs is 2. The molecule has 8 heteroatoms. The maximum Gasteiger partial charge on any atom is 0.290 e. The van der Waals surface area contributed by atoms with Gasteiger partial charge in [-0.1, -0.05) is 47.5 Å². The number of carbonyl (C=O) groups is 1. The van der Waals surface area contributed by atoms with E-state index in [0.717, 1.165) is 29.7 Å². The smallest absolute Gasteiger partial charge is 0.290 e. The number of amides is 1. The van der Waals surface area contributed by atoms with Gasteiger partial charge in [-0.25, -0.2) is 0 Å². The molecule has 5 rings (SSSR count). The topological polar surface area (TPSA) is 63.0 Å². The zero-order valence-corrected chi connectivity index (χ0v) is 23.0. The predicted molar refractivity (Wildman–Crippen MR) is 151 cm³/mol. The number of hydrogen-bond donors (Lipinski definition) is 0. The van der Waals surface area contributed by atoms with Crippen LogP contribution in [-0.2, 0) is 6.61 Å². The van der Waals surface area contributed by atoms with Crippen LogP contribution in [0.15, 0.2) is 69.9 Å². The molecular formula is C30H28Cl2N2O4. The van der Waals surface area contributed by atoms with Gasteiger partial charge in [-0.2, -0.15) is 0 Å². The molecule has 1 amide bonds. The standard InChI is InChI=1S/C30H28Cl2N2O4/c1-18-14-25-23(16-24(18)32)28(35)26-27(34(13-5-12-33(2)3)30(36)29(26)38-25)20-6-4-7-22(15-20)37-17-19-8-10-21(31)11-9-19/h4,6-11,14-16,27H,5,12-13,17H2,1-3H3. The van der Waals surface area contributed by atoms with Crippen LogP contribution in [0.1, 0.15) is 45.3 Å². The maximum atomic E-state index is 13.8. The second kappa shape index (κ2) is 10.8. The van der Waals surface area contributed by atoms with Crippen molar-refractivity contribution in [3.63, 3.8) is 0 Å². The number of ether oxygens (including phenoxy) is 1. The van der Waals surface area contributed by atoms with E-state index >= 15 is 0 Å². The number of aryl methyl sites for hydroxylation is 1. The summed E-state index contributed by atoms with van der Waals surface area (Å²) in [6, 6.07) is 17.7. The van der Waals surface area contributed by atoms with E-state index in [9.17, 15) is 9.59 Å². The van der Waals surface area contributed by atoms with Crippen molar-refractivity contribution >= 4 is 40.1 Å². The summed E-state index contributed by atoms with van der Waals surface area (Å²) in [5.41, 5.74) is 2.98. The molecule has 3 aromatic carbocycles. The molecule has 0 fully saturated rings. The Balaban J connectivity index is 1.55. The molecule has 0 bridgehead atoms. The number of halogens is 2. The summed E-state index contributed by atoms with van der Waals surface area (Å²) >= 11 is 12.3. The fourth-order valence-electron chi connectivity index (χ4n) is 4.80. The van der Waals surface area contributed by atoms with Gasteiger partial charge in [0.15, 0.2) is 5.43 Å². The largest absolute Gasteiger partial charge is 0.489 e. The summed E-state index contributed by atoms with van der Waals surface area (Å²) in [4.78, 5) is 31.2. The van der Waals surface area contributed by atoms with Crippen molar-refractivity contribution in [1.29, 1.82) is 0 Å². The van der Waals surface area contributed by atoms with E-state index in [0.29, 0.717) is 45.5 Å². The molecule has 1 unspecified atom stereocenters. The minimum Gasteiger partial charge on any atom is -0.489 e. The summed E-state index contributed by atoms with van der Waals surface area (Å²) < 4.78 is 12.1. The van der Waals surface area contributed by atoms with Crippen molar-refractivity contribution in [2.24, 2.45) is 0 Å². The van der Waals surface area contributed by atoms with Crippen molar-refractivity contribution in [3.8, 4) is 5.75 Å². The van der Waals surface area contributed by atoms with Gasteiger partial charge in [0.25, 0.3) is 5.91 Å². The summed E-state index contributed by atoms with van der Waals surface area (Å²) in [6.07, 6.45) is 0.745. The molecule has 0 spiro atoms. The van der Waals surface area contributed by atoms with Gasteiger partial charge in [0.1, 0.15) is 17.9 Å². The van der Waals surface area contributed by atoms with Gasteiger partial charge in [-0.05, 0) is 87.1 Å². The lowest BCUT2D eigenvalue weighted by Gasteiger charge is -2.26. The first kappa shape index (κ1) is 26.3. The third kappa shape index (κ3) is 5.17. The van der Waals surface area contributed by atoms with Crippen molar-refractivity contribution in [3.05, 3.63) is 109 Å². The summed E-state index contributed by atoms with van der Waals surface area (Å²) in [5, 5.41) is 1.51. The van der Waals surface area contributed by atoms with E-state index in [-0.39, 0.29) is 17.1 Å². The molecule has 2 heterocycles. The summed E-state index contributed by atoms with van der Waals surface area (Å²) in [7, 11) is 3.98. The second-order valence-corrected chi connectivity index (χ2v) is 10.7. The first-order valence-electron chi connectivity index (χ1n) is 12.4. The van der Waals surface area contributed by atoms with Crippen LogP contribution in [0.4, 0.5) is 0 Å². The third-order valence-electron chi connectivity index (χ3n) is 6.74. The first-order valence-corrected chi connectivity index (χ1v) is 13.2. The quantitative estimate of drug-likeness (QED) is 0.251. The van der Waals surface area contributed by atoms with Crippen LogP contribution < -0.4 is 10.2 Å². The average Bonchev–Trinajstić information content (AvgIpc) is 3.17. The lowest BCUT2D eigenvalue weighted by Crippen LogP contribution is -2.32. The number of benzene rings is 3. The zero-order chi connectivity index (χ0) is 27.0. The van der Waals surface area contributed by atoms with Crippen LogP contribution >= 0.6 is 23.2 Å². The lowest BCUT2D eigenvalue weighted by atomic mass is 9.98. The molecule has 0 radical (unpaired) electrons. The van der Waals surface area contributed by atoms with Crippen LogP contribution in [0.3, 0.4) is 0 Å². The highest BCUT2D eigenvalue weighted by Gasteiger charge is 2.42. The minimum atomic E-state index is -0.598. The molecule has 0 saturated heterocycles. The monoisotopic (exact) mass is 550 g/mol. The van der Waals surface area contributed by atoms with Crippen LogP contribution in [-0.4, -0.2) is 42.9 Å². The highest BCUT2D eigenvalue weighted by Crippen LogP contribution is 2.39. The van der Waals surface area contributed by atoms with Gasteiger partial charge in [0.05, 0.1) is 17.0 Å². The van der Waals surface area contributed by atoms with E-state index in [4.69, 9.17) is 32.4 Å². The van der Waals surface area contributed by atoms with Crippen molar-refractivity contribution in [2.45, 2.75) is 26.0 Å². The van der Waals surface area contributed by atoms with Crippen molar-refractivity contribution < 1.29 is 13.9 Å². The van der Waals surface area contributed by atoms with Gasteiger partial charge in [-0.15, -0.1) is 0 Å². The van der Waals surface area contributed by atoms with E-state index < -0.39 is 6.04 Å². The van der Waals surface area contributed by atoms with Gasteiger partial charge in [0, 0.05) is 16.6 Å². The van der Waals surface area contributed by atoms with E-state index in [1.165, 1.54) is 0 Å². The molecule has 0 saturated carbocycles. The van der Waals surface area contributed by atoms with Crippen LogP contribution in [0.25, 0.3) is 11.0 Å². The van der Waals surface area contributed by atoms with Gasteiger partial charge < -0.3 is 19.0 Å². The molecule has 196 valence electrons. The molecule has 1 aliphatic heterocycles. The Kier molecular flexibility index (Phi) is 7.48. The Bertz CT molecular complexity index is 1560. The lowest BCUT2D eigenvalue weighted by molar-refractivity contribution is 0.0722. The highest BCUT2D eigenvalue weighted by molar-refractivity contribution is 6.32. The minimum absolute atomic E-state index is 0.0894. The molecule has 1 aromatic heterocycles. The molecule has 4 aromatic rings. The third-order valence-corrected chi connectivity index (χ3v) is 7.40. The fourth-order valence-corrected chi connectivity index (χ4v) is 5.09. The number of carbonyl (C=O) groups excluding carboxylic acids is 1. The zero-order valence-electron chi connectivity index (χ0n) is 21.5. The van der Waals surface area contributed by atoms with E-state index in [1.807, 2.05) is 69.6 Å².